The Kier molecular flexibility index (Phi) is 11.8. The highest BCUT2D eigenvalue weighted by molar-refractivity contribution is 4.72. The zero-order valence-electron chi connectivity index (χ0n) is 13.8. The van der Waals surface area contributed by atoms with Gasteiger partial charge >= 0.3 is 0 Å². The SMILES string of the molecule is CC(C)(C)OO.CC(C)OO.CC1(C)CCCCC1. The predicted molar refractivity (Wildman–Crippen MR) is 79.2 cm³/mol. The summed E-state index contributed by atoms with van der Waals surface area (Å²) in [5.41, 5.74) is 0.276. The van der Waals surface area contributed by atoms with Crippen molar-refractivity contribution < 1.29 is 20.3 Å². The fourth-order valence-electron chi connectivity index (χ4n) is 1.51. The maximum absolute atomic E-state index is 7.90. The Bertz CT molecular complexity index is 187. The molecule has 19 heavy (non-hydrogen) atoms. The van der Waals surface area contributed by atoms with E-state index in [4.69, 9.17) is 10.5 Å². The largest absolute Gasteiger partial charge is 0.252 e. The first kappa shape index (κ1) is 21.1. The quantitative estimate of drug-likeness (QED) is 0.515. The number of hydrogen-bond acceptors (Lipinski definition) is 4. The molecule has 0 saturated heterocycles. The third kappa shape index (κ3) is 20.3. The first-order valence-corrected chi connectivity index (χ1v) is 7.17. The Morgan fingerprint density at radius 2 is 1.26 bits per heavy atom. The molecule has 1 rings (SSSR count). The molecule has 0 bridgehead atoms. The molecule has 4 nitrogen and oxygen atoms in total. The van der Waals surface area contributed by atoms with Gasteiger partial charge < -0.3 is 0 Å². The van der Waals surface area contributed by atoms with Crippen LogP contribution < -0.4 is 0 Å². The van der Waals surface area contributed by atoms with E-state index >= 15 is 0 Å². The molecule has 1 aliphatic carbocycles. The summed E-state index contributed by atoms with van der Waals surface area (Å²) in [5, 5.41) is 15.5. The van der Waals surface area contributed by atoms with Gasteiger partial charge in [-0.25, -0.2) is 9.78 Å². The Balaban J connectivity index is 0. The molecule has 1 saturated carbocycles. The molecule has 0 aromatic carbocycles. The molecule has 0 spiro atoms. The van der Waals surface area contributed by atoms with Gasteiger partial charge in [0.25, 0.3) is 0 Å². The number of hydrogen-bond donors (Lipinski definition) is 2. The Morgan fingerprint density at radius 3 is 1.37 bits per heavy atom. The van der Waals surface area contributed by atoms with Gasteiger partial charge in [-0.3, -0.25) is 10.5 Å². The van der Waals surface area contributed by atoms with E-state index in [1.165, 1.54) is 32.1 Å². The summed E-state index contributed by atoms with van der Waals surface area (Å²) < 4.78 is 0. The summed E-state index contributed by atoms with van der Waals surface area (Å²) >= 11 is 0. The van der Waals surface area contributed by atoms with E-state index < -0.39 is 5.60 Å². The minimum Gasteiger partial charge on any atom is -0.252 e. The van der Waals surface area contributed by atoms with Gasteiger partial charge in [0.05, 0.1) is 11.7 Å². The monoisotopic (exact) mass is 278 g/mol. The zero-order chi connectivity index (χ0) is 15.5. The zero-order valence-corrected chi connectivity index (χ0v) is 13.8. The molecular weight excluding hydrogens is 244 g/mol. The summed E-state index contributed by atoms with van der Waals surface area (Å²) in [5.74, 6) is 0. The van der Waals surface area contributed by atoms with Crippen LogP contribution >= 0.6 is 0 Å². The molecule has 0 aromatic rings. The summed E-state index contributed by atoms with van der Waals surface area (Å²) in [4.78, 5) is 7.69. The number of rotatable bonds is 1. The van der Waals surface area contributed by atoms with E-state index in [-0.39, 0.29) is 6.10 Å². The molecule has 118 valence electrons. The van der Waals surface area contributed by atoms with E-state index in [1.54, 1.807) is 34.6 Å². The summed E-state index contributed by atoms with van der Waals surface area (Å²) in [6, 6.07) is 0. The highest BCUT2D eigenvalue weighted by atomic mass is 17.1. The van der Waals surface area contributed by atoms with Gasteiger partial charge in [-0.2, -0.15) is 0 Å². The second-order valence-electron chi connectivity index (χ2n) is 7.08. The predicted octanol–water partition coefficient (Wildman–Crippen LogP) is 5.14. The fraction of sp³-hybridized carbons (Fsp3) is 1.00. The van der Waals surface area contributed by atoms with Gasteiger partial charge in [0.1, 0.15) is 0 Å². The van der Waals surface area contributed by atoms with Gasteiger partial charge in [-0.15, -0.1) is 0 Å². The van der Waals surface area contributed by atoms with Crippen molar-refractivity contribution in [1.82, 2.24) is 0 Å². The second kappa shape index (κ2) is 10.6. The standard InChI is InChI=1S/C8H16.C4H10O2.C3H8O2/c1-8(2)6-4-3-5-7-8;1-4(2,3)6-5;1-3(2)5-4/h3-7H2,1-2H3;5H,1-3H3;3-4H,1-2H3. The lowest BCUT2D eigenvalue weighted by molar-refractivity contribution is -0.306. The van der Waals surface area contributed by atoms with Crippen molar-refractivity contribution in [2.24, 2.45) is 5.41 Å². The summed E-state index contributed by atoms with van der Waals surface area (Å²) in [6.07, 6.45) is 7.25. The summed E-state index contributed by atoms with van der Waals surface area (Å²) in [7, 11) is 0. The maximum Gasteiger partial charge on any atom is 0.0949 e. The third-order valence-corrected chi connectivity index (χ3v) is 2.69. The Labute approximate surface area is 119 Å². The molecule has 0 aliphatic heterocycles. The molecule has 0 amide bonds. The van der Waals surface area contributed by atoms with Gasteiger partial charge in [-0.1, -0.05) is 33.1 Å². The Hall–Kier alpha value is -0.160. The van der Waals surface area contributed by atoms with E-state index in [0.29, 0.717) is 5.41 Å². The molecular formula is C15H34O4. The second-order valence-corrected chi connectivity index (χ2v) is 7.08. The minimum atomic E-state index is -0.403. The van der Waals surface area contributed by atoms with Gasteiger partial charge in [0, 0.05) is 0 Å². The average Bonchev–Trinajstić information content (AvgIpc) is 2.29. The molecule has 0 aromatic heterocycles. The van der Waals surface area contributed by atoms with Crippen molar-refractivity contribution >= 4 is 0 Å². The van der Waals surface area contributed by atoms with Gasteiger partial charge in [0.2, 0.25) is 0 Å². The minimum absolute atomic E-state index is 0.0602. The first-order valence-electron chi connectivity index (χ1n) is 7.17. The Morgan fingerprint density at radius 1 is 0.947 bits per heavy atom. The van der Waals surface area contributed by atoms with Crippen molar-refractivity contribution in [3.05, 3.63) is 0 Å². The normalized spacial score (nSPS) is 18.0. The van der Waals surface area contributed by atoms with Gasteiger partial charge in [0.15, 0.2) is 0 Å². The van der Waals surface area contributed by atoms with Crippen molar-refractivity contribution in [1.29, 1.82) is 0 Å². The van der Waals surface area contributed by atoms with Crippen LogP contribution in [0.1, 0.15) is 80.6 Å². The lowest BCUT2D eigenvalue weighted by Gasteiger charge is -2.28. The molecule has 4 heteroatoms. The van der Waals surface area contributed by atoms with Crippen LogP contribution in [0.4, 0.5) is 0 Å². The molecule has 1 fully saturated rings. The lowest BCUT2D eigenvalue weighted by Crippen LogP contribution is -2.15. The topological polar surface area (TPSA) is 58.9 Å². The molecule has 0 atom stereocenters. The molecule has 2 N–H and O–H groups in total. The van der Waals surface area contributed by atoms with Crippen LogP contribution in [-0.4, -0.2) is 22.2 Å². The van der Waals surface area contributed by atoms with E-state index in [1.807, 2.05) is 0 Å². The van der Waals surface area contributed by atoms with Crippen molar-refractivity contribution in [3.8, 4) is 0 Å². The maximum atomic E-state index is 7.90. The van der Waals surface area contributed by atoms with Crippen molar-refractivity contribution in [3.63, 3.8) is 0 Å². The van der Waals surface area contributed by atoms with Crippen LogP contribution in [0.15, 0.2) is 0 Å². The summed E-state index contributed by atoms with van der Waals surface area (Å²) in [6.45, 7) is 13.6. The highest BCUT2D eigenvalue weighted by Crippen LogP contribution is 2.34. The van der Waals surface area contributed by atoms with Crippen LogP contribution in [0.2, 0.25) is 0 Å². The van der Waals surface area contributed by atoms with Crippen LogP contribution in [0.25, 0.3) is 0 Å². The van der Waals surface area contributed by atoms with Crippen LogP contribution in [0.3, 0.4) is 0 Å². The van der Waals surface area contributed by atoms with Gasteiger partial charge in [-0.05, 0) is 52.9 Å². The highest BCUT2D eigenvalue weighted by Gasteiger charge is 2.19. The lowest BCUT2D eigenvalue weighted by atomic mass is 9.78. The molecule has 1 aliphatic rings. The van der Waals surface area contributed by atoms with Crippen molar-refractivity contribution in [2.45, 2.75) is 92.3 Å². The average molecular weight is 278 g/mol. The first-order chi connectivity index (χ1) is 8.54. The molecule has 0 heterocycles. The van der Waals surface area contributed by atoms with Crippen molar-refractivity contribution in [2.75, 3.05) is 0 Å². The van der Waals surface area contributed by atoms with Crippen LogP contribution in [0.5, 0.6) is 0 Å². The molecule has 0 unspecified atom stereocenters. The van der Waals surface area contributed by atoms with E-state index in [0.717, 1.165) is 0 Å². The third-order valence-electron chi connectivity index (χ3n) is 2.69. The molecule has 0 radical (unpaired) electrons. The fourth-order valence-corrected chi connectivity index (χ4v) is 1.51. The van der Waals surface area contributed by atoms with E-state index in [9.17, 15) is 0 Å². The van der Waals surface area contributed by atoms with E-state index in [2.05, 4.69) is 23.6 Å². The van der Waals surface area contributed by atoms with Crippen LogP contribution in [-0.2, 0) is 9.78 Å². The smallest absolute Gasteiger partial charge is 0.0949 e. The van der Waals surface area contributed by atoms with Crippen LogP contribution in [0, 0.1) is 5.41 Å².